The molecule has 1 aliphatic carbocycles. The summed E-state index contributed by atoms with van der Waals surface area (Å²) in [5, 5.41) is 29.4. The Morgan fingerprint density at radius 1 is 0.887 bits per heavy atom. The van der Waals surface area contributed by atoms with E-state index in [9.17, 15) is 27.6 Å². The predicted molar refractivity (Wildman–Crippen MR) is 198 cm³/mol. The van der Waals surface area contributed by atoms with E-state index >= 15 is 0 Å². The maximum atomic E-state index is 14.1. The Balaban J connectivity index is 0.00000180. The summed E-state index contributed by atoms with van der Waals surface area (Å²) < 4.78 is 29.8. The number of nitrogen functional groups attached to an aromatic ring is 1. The molecule has 0 aromatic heterocycles. The number of carboxylic acids is 2. The normalized spacial score (nSPS) is 16.5. The van der Waals surface area contributed by atoms with Gasteiger partial charge in [0.1, 0.15) is 17.9 Å². The Labute approximate surface area is 310 Å². The molecule has 2 atom stereocenters. The van der Waals surface area contributed by atoms with Crippen LogP contribution in [0.3, 0.4) is 0 Å². The molecule has 2 aliphatic rings. The number of likely N-dealkylation sites (tertiary alicyclic amines) is 1. The molecule has 16 heteroatoms. The fraction of sp³-hybridized carbons (Fsp3) is 0.514. The molecule has 1 saturated carbocycles. The number of carbonyl (C=O) groups excluding carboxylic acids is 3. The van der Waals surface area contributed by atoms with Gasteiger partial charge in [0.2, 0.25) is 27.7 Å². The predicted octanol–water partition coefficient (Wildman–Crippen LogP) is 3.00. The number of amides is 3. The first-order chi connectivity index (χ1) is 25.1. The van der Waals surface area contributed by atoms with Gasteiger partial charge in [-0.25, -0.2) is 13.1 Å². The molecule has 0 unspecified atom stereocenters. The van der Waals surface area contributed by atoms with Gasteiger partial charge in [0.25, 0.3) is 5.97 Å². The lowest BCUT2D eigenvalue weighted by Gasteiger charge is -2.31. The van der Waals surface area contributed by atoms with Gasteiger partial charge in [-0.05, 0) is 48.3 Å². The SMILES string of the molecule is CC(=O)O.N=C(N)c1ccc(CNC(=O)[C@@H]2CCCN2C(=O)[C@@H](CC2CCCCC2)NS(=O)(=O)Cc2cccc(CNC(=O)CCCC(=O)O)c2)cc1. The highest BCUT2D eigenvalue weighted by atomic mass is 32.2. The van der Waals surface area contributed by atoms with Gasteiger partial charge in [-0.2, -0.15) is 0 Å². The zero-order chi connectivity index (χ0) is 39.0. The molecule has 0 radical (unpaired) electrons. The summed E-state index contributed by atoms with van der Waals surface area (Å²) in [5.74, 6) is -3.00. The molecule has 0 bridgehead atoms. The number of hydrogen-bond donors (Lipinski definition) is 7. The average Bonchev–Trinajstić information content (AvgIpc) is 3.59. The van der Waals surface area contributed by atoms with Gasteiger partial charge >= 0.3 is 5.97 Å². The van der Waals surface area contributed by atoms with Crippen molar-refractivity contribution in [3.8, 4) is 0 Å². The van der Waals surface area contributed by atoms with Gasteiger partial charge in [-0.3, -0.25) is 29.4 Å². The Morgan fingerprint density at radius 2 is 1.53 bits per heavy atom. The molecule has 4 rings (SSSR count). The van der Waals surface area contributed by atoms with Crippen molar-refractivity contribution in [2.75, 3.05) is 6.54 Å². The number of nitrogens with two attached hydrogens (primary N) is 1. The molecule has 1 heterocycles. The maximum Gasteiger partial charge on any atom is 0.303 e. The highest BCUT2D eigenvalue weighted by Gasteiger charge is 2.39. The van der Waals surface area contributed by atoms with E-state index in [1.54, 1.807) is 48.5 Å². The zero-order valence-electron chi connectivity index (χ0n) is 30.1. The summed E-state index contributed by atoms with van der Waals surface area (Å²) in [5.41, 5.74) is 8.10. The van der Waals surface area contributed by atoms with Gasteiger partial charge in [-0.1, -0.05) is 80.6 Å². The molecular weight excluding hydrogens is 705 g/mol. The highest BCUT2D eigenvalue weighted by Crippen LogP contribution is 2.29. The summed E-state index contributed by atoms with van der Waals surface area (Å²) in [6, 6.07) is 12.1. The van der Waals surface area contributed by atoms with Crippen molar-refractivity contribution in [3.05, 3.63) is 70.8 Å². The van der Waals surface area contributed by atoms with Crippen molar-refractivity contribution in [2.45, 2.75) is 108 Å². The largest absolute Gasteiger partial charge is 0.481 e. The Bertz CT molecular complexity index is 1690. The molecule has 1 aliphatic heterocycles. The number of benzene rings is 2. The van der Waals surface area contributed by atoms with Gasteiger partial charge < -0.3 is 31.5 Å². The summed E-state index contributed by atoms with van der Waals surface area (Å²) in [4.78, 5) is 60.7. The van der Waals surface area contributed by atoms with Crippen LogP contribution in [0.15, 0.2) is 48.5 Å². The lowest BCUT2D eigenvalue weighted by molar-refractivity contribution is -0.140. The van der Waals surface area contributed by atoms with E-state index in [1.165, 1.54) is 4.90 Å². The lowest BCUT2D eigenvalue weighted by Crippen LogP contribution is -2.54. The van der Waals surface area contributed by atoms with Crippen LogP contribution < -0.4 is 21.1 Å². The molecule has 8 N–H and O–H groups in total. The second-order valence-corrected chi connectivity index (χ2v) is 15.3. The Morgan fingerprint density at radius 3 is 2.17 bits per heavy atom. The topological polar surface area (TPSA) is 249 Å². The molecule has 0 spiro atoms. The van der Waals surface area contributed by atoms with Crippen LogP contribution in [0.5, 0.6) is 0 Å². The van der Waals surface area contributed by atoms with Crippen LogP contribution in [0.1, 0.15) is 99.8 Å². The third-order valence-corrected chi connectivity index (χ3v) is 10.5. The smallest absolute Gasteiger partial charge is 0.303 e. The number of amidine groups is 1. The first kappa shape index (κ1) is 42.6. The molecule has 15 nitrogen and oxygen atoms in total. The van der Waals surface area contributed by atoms with Crippen molar-refractivity contribution in [1.82, 2.24) is 20.3 Å². The van der Waals surface area contributed by atoms with E-state index in [-0.39, 0.29) is 61.7 Å². The van der Waals surface area contributed by atoms with Crippen molar-refractivity contribution >= 4 is 45.5 Å². The van der Waals surface area contributed by atoms with E-state index in [0.717, 1.165) is 44.6 Å². The quantitative estimate of drug-likeness (QED) is 0.0918. The van der Waals surface area contributed by atoms with Crippen LogP contribution in [0, 0.1) is 11.3 Å². The van der Waals surface area contributed by atoms with Crippen LogP contribution in [0.4, 0.5) is 0 Å². The second-order valence-electron chi connectivity index (χ2n) is 13.6. The number of hydrogen-bond acceptors (Lipinski definition) is 8. The molecule has 290 valence electrons. The maximum absolute atomic E-state index is 14.1. The standard InChI is InChI=1S/C35H48N6O7S.C2H4O2/c36-33(37)28-16-14-25(15-17-28)21-39-34(45)30-11-6-18-41(30)35(46)29(20-24-7-2-1-3-8-24)40-49(47,48)23-27-10-4-9-26(19-27)22-38-31(42)12-5-13-32(43)44;1-2(3)4/h4,9-10,14-17,19,24,29-30,40H,1-3,5-8,11-13,18,20-23H2,(H3,36,37)(H,38,42)(H,39,45)(H,43,44);1H3,(H,3,4)/t29-,30+;/m1./s1. The van der Waals surface area contributed by atoms with E-state index in [0.29, 0.717) is 42.5 Å². The third kappa shape index (κ3) is 15.4. The van der Waals surface area contributed by atoms with E-state index in [1.807, 2.05) is 0 Å². The lowest BCUT2D eigenvalue weighted by atomic mass is 9.84. The number of rotatable bonds is 17. The number of sulfonamides is 1. The van der Waals surface area contributed by atoms with Crippen LogP contribution in [0.25, 0.3) is 0 Å². The number of nitrogens with one attached hydrogen (secondary N) is 4. The van der Waals surface area contributed by atoms with Gasteiger partial charge in [0, 0.05) is 45.0 Å². The summed E-state index contributed by atoms with van der Waals surface area (Å²) >= 11 is 0. The monoisotopic (exact) mass is 756 g/mol. The number of carboxylic acid groups (broad SMARTS) is 2. The first-order valence-electron chi connectivity index (χ1n) is 17.9. The molecule has 1 saturated heterocycles. The molecule has 2 aromatic rings. The Kier molecular flexibility index (Phi) is 16.9. The van der Waals surface area contributed by atoms with Crippen molar-refractivity contribution < 1.29 is 42.6 Å². The fourth-order valence-corrected chi connectivity index (χ4v) is 7.90. The van der Waals surface area contributed by atoms with Crippen molar-refractivity contribution in [3.63, 3.8) is 0 Å². The number of aliphatic carboxylic acids is 2. The molecule has 53 heavy (non-hydrogen) atoms. The van der Waals surface area contributed by atoms with E-state index in [4.69, 9.17) is 26.2 Å². The summed E-state index contributed by atoms with van der Waals surface area (Å²) in [6.07, 6.45) is 6.70. The average molecular weight is 757 g/mol. The summed E-state index contributed by atoms with van der Waals surface area (Å²) in [6.45, 7) is 1.84. The first-order valence-corrected chi connectivity index (χ1v) is 19.6. The summed E-state index contributed by atoms with van der Waals surface area (Å²) in [7, 11) is -3.99. The number of carbonyl (C=O) groups is 5. The minimum atomic E-state index is -3.99. The van der Waals surface area contributed by atoms with Gasteiger partial charge in [0.15, 0.2) is 0 Å². The van der Waals surface area contributed by atoms with E-state index < -0.39 is 40.0 Å². The Hall–Kier alpha value is -4.83. The van der Waals surface area contributed by atoms with Crippen LogP contribution in [-0.2, 0) is 52.8 Å². The van der Waals surface area contributed by atoms with E-state index in [2.05, 4.69) is 15.4 Å². The van der Waals surface area contributed by atoms with Crippen LogP contribution >= 0.6 is 0 Å². The minimum absolute atomic E-state index is 0.0455. The number of nitrogens with zero attached hydrogens (tertiary/aromatic N) is 1. The fourth-order valence-electron chi connectivity index (χ4n) is 6.56. The van der Waals surface area contributed by atoms with Crippen molar-refractivity contribution in [1.29, 1.82) is 5.41 Å². The van der Waals surface area contributed by atoms with Gasteiger partial charge in [-0.15, -0.1) is 0 Å². The molecular formula is C37H52N6O9S. The van der Waals surface area contributed by atoms with Crippen molar-refractivity contribution in [2.24, 2.45) is 11.7 Å². The minimum Gasteiger partial charge on any atom is -0.481 e. The zero-order valence-corrected chi connectivity index (χ0v) is 31.0. The molecule has 2 aromatic carbocycles. The van der Waals surface area contributed by atoms with Crippen LogP contribution in [-0.4, -0.2) is 77.7 Å². The second kappa shape index (κ2) is 21.0. The highest BCUT2D eigenvalue weighted by molar-refractivity contribution is 7.88. The van der Waals surface area contributed by atoms with Gasteiger partial charge in [0.05, 0.1) is 5.75 Å². The molecule has 2 fully saturated rings. The molecule has 3 amide bonds. The van der Waals surface area contributed by atoms with Crippen LogP contribution in [0.2, 0.25) is 0 Å². The third-order valence-electron chi connectivity index (χ3n) is 9.12.